The molecule has 0 spiro atoms. The van der Waals surface area contributed by atoms with Crippen LogP contribution in [0.5, 0.6) is 0 Å². The molecule has 3 aromatic rings. The normalized spacial score (nSPS) is 12.8. The lowest BCUT2D eigenvalue weighted by Crippen LogP contribution is -2.25. The lowest BCUT2D eigenvalue weighted by Gasteiger charge is -2.20. The van der Waals surface area contributed by atoms with E-state index in [-0.39, 0.29) is 0 Å². The van der Waals surface area contributed by atoms with Crippen LogP contribution in [-0.4, -0.2) is 0 Å². The number of hydrogen-bond acceptors (Lipinski definition) is 1. The Balaban J connectivity index is 2.15. The molecule has 0 N–H and O–H groups in total. The summed E-state index contributed by atoms with van der Waals surface area (Å²) in [5.74, 6) is 0.520. The lowest BCUT2D eigenvalue weighted by molar-refractivity contribution is 0.592. The molecule has 0 aliphatic rings. The van der Waals surface area contributed by atoms with Gasteiger partial charge in [-0.2, -0.15) is 0 Å². The van der Waals surface area contributed by atoms with Gasteiger partial charge < -0.3 is 4.57 Å². The van der Waals surface area contributed by atoms with Crippen LogP contribution in [0.4, 0.5) is 0 Å². The van der Waals surface area contributed by atoms with E-state index in [1.807, 2.05) is 72.8 Å². The lowest BCUT2D eigenvalue weighted by atomic mass is 9.99. The average Bonchev–Trinajstić information content (AvgIpc) is 2.68. The second kappa shape index (κ2) is 7.20. The summed E-state index contributed by atoms with van der Waals surface area (Å²) in [5.41, 5.74) is 1.30. The van der Waals surface area contributed by atoms with Crippen molar-refractivity contribution in [3.8, 4) is 0 Å². The molecule has 0 bridgehead atoms. The first kappa shape index (κ1) is 16.7. The third-order valence-corrected chi connectivity index (χ3v) is 7.75. The zero-order valence-corrected chi connectivity index (χ0v) is 15.1. The Morgan fingerprint density at radius 3 is 1.54 bits per heavy atom. The van der Waals surface area contributed by atoms with Crippen molar-refractivity contribution in [1.82, 2.24) is 0 Å². The van der Waals surface area contributed by atoms with Gasteiger partial charge in [-0.1, -0.05) is 98.8 Å². The highest BCUT2D eigenvalue weighted by molar-refractivity contribution is 7.85. The smallest absolute Gasteiger partial charge is 0.171 e. The standard InChI is InChI=1S/C22H23OP/c1-3-18(2)19-14-16-22(17-15-19)24(23,20-10-6-4-7-11-20)21-12-8-5-9-13-21/h4-18H,3H2,1-2H3/t18-/m1/s1. The van der Waals surface area contributed by atoms with E-state index in [1.54, 1.807) is 0 Å². The van der Waals surface area contributed by atoms with E-state index >= 15 is 0 Å². The molecule has 0 aliphatic heterocycles. The van der Waals surface area contributed by atoms with Crippen molar-refractivity contribution in [2.24, 2.45) is 0 Å². The van der Waals surface area contributed by atoms with Gasteiger partial charge in [0.05, 0.1) is 0 Å². The third kappa shape index (κ3) is 3.09. The molecule has 0 aromatic heterocycles. The van der Waals surface area contributed by atoms with Crippen LogP contribution >= 0.6 is 7.14 Å². The molecular formula is C22H23OP. The van der Waals surface area contributed by atoms with Crippen LogP contribution < -0.4 is 15.9 Å². The first-order valence-corrected chi connectivity index (χ1v) is 10.2. The molecule has 0 amide bonds. The molecule has 0 heterocycles. The highest BCUT2D eigenvalue weighted by Crippen LogP contribution is 2.42. The van der Waals surface area contributed by atoms with E-state index in [2.05, 4.69) is 26.0 Å². The van der Waals surface area contributed by atoms with Crippen molar-refractivity contribution in [2.75, 3.05) is 0 Å². The van der Waals surface area contributed by atoms with Gasteiger partial charge in [-0.15, -0.1) is 0 Å². The summed E-state index contributed by atoms with van der Waals surface area (Å²) < 4.78 is 14.2. The van der Waals surface area contributed by atoms with E-state index in [1.165, 1.54) is 5.56 Å². The van der Waals surface area contributed by atoms with Crippen LogP contribution in [0.15, 0.2) is 84.9 Å². The van der Waals surface area contributed by atoms with E-state index in [0.29, 0.717) is 5.92 Å². The van der Waals surface area contributed by atoms with Crippen LogP contribution in [0.2, 0.25) is 0 Å². The van der Waals surface area contributed by atoms with E-state index in [4.69, 9.17) is 0 Å². The van der Waals surface area contributed by atoms with E-state index in [9.17, 15) is 4.57 Å². The summed E-state index contributed by atoms with van der Waals surface area (Å²) in [6.45, 7) is 4.42. The maximum atomic E-state index is 14.2. The first-order chi connectivity index (χ1) is 11.7. The Morgan fingerprint density at radius 1 is 0.708 bits per heavy atom. The van der Waals surface area contributed by atoms with Crippen molar-refractivity contribution >= 4 is 23.1 Å². The van der Waals surface area contributed by atoms with Crippen LogP contribution in [0.1, 0.15) is 31.7 Å². The Kier molecular flexibility index (Phi) is 5.02. The van der Waals surface area contributed by atoms with Gasteiger partial charge >= 0.3 is 0 Å². The van der Waals surface area contributed by atoms with Crippen molar-refractivity contribution in [3.05, 3.63) is 90.5 Å². The Labute approximate surface area is 144 Å². The Hall–Kier alpha value is -2.11. The summed E-state index contributed by atoms with van der Waals surface area (Å²) in [6, 6.07) is 28.0. The highest BCUT2D eigenvalue weighted by atomic mass is 31.2. The molecule has 0 saturated carbocycles. The van der Waals surface area contributed by atoms with Gasteiger partial charge in [0.1, 0.15) is 0 Å². The molecule has 1 atom stereocenters. The molecule has 1 nitrogen and oxygen atoms in total. The van der Waals surface area contributed by atoms with Gasteiger partial charge in [0, 0.05) is 15.9 Å². The summed E-state index contributed by atoms with van der Waals surface area (Å²) in [5, 5.41) is 2.66. The van der Waals surface area contributed by atoms with E-state index in [0.717, 1.165) is 22.3 Å². The topological polar surface area (TPSA) is 17.1 Å². The zero-order valence-electron chi connectivity index (χ0n) is 14.2. The molecule has 3 rings (SSSR count). The Morgan fingerprint density at radius 2 is 1.12 bits per heavy atom. The van der Waals surface area contributed by atoms with Crippen molar-refractivity contribution < 1.29 is 4.57 Å². The molecule has 0 aliphatic carbocycles. The first-order valence-electron chi connectivity index (χ1n) is 8.48. The third-order valence-electron chi connectivity index (χ3n) is 4.68. The predicted molar refractivity (Wildman–Crippen MR) is 105 cm³/mol. The maximum Gasteiger partial charge on any atom is 0.171 e. The summed E-state index contributed by atoms with van der Waals surface area (Å²) in [7, 11) is -2.83. The van der Waals surface area contributed by atoms with E-state index < -0.39 is 7.14 Å². The zero-order chi connectivity index (χ0) is 17.0. The minimum Gasteiger partial charge on any atom is -0.309 e. The minimum atomic E-state index is -2.83. The molecule has 0 saturated heterocycles. The molecule has 122 valence electrons. The summed E-state index contributed by atoms with van der Waals surface area (Å²) in [4.78, 5) is 0. The quantitative estimate of drug-likeness (QED) is 0.610. The predicted octanol–water partition coefficient (Wildman–Crippen LogP) is 4.84. The SMILES string of the molecule is CC[C@@H](C)c1ccc(P(=O)(c2ccccc2)c2ccccc2)cc1. The molecular weight excluding hydrogens is 311 g/mol. The van der Waals surface area contributed by atoms with Crippen molar-refractivity contribution in [2.45, 2.75) is 26.2 Å². The fourth-order valence-corrected chi connectivity index (χ4v) is 5.62. The monoisotopic (exact) mass is 334 g/mol. The number of hydrogen-bond donors (Lipinski definition) is 0. The number of benzene rings is 3. The number of rotatable bonds is 5. The Bertz CT molecular complexity index is 779. The largest absolute Gasteiger partial charge is 0.309 e. The van der Waals surface area contributed by atoms with Crippen LogP contribution in [-0.2, 0) is 4.57 Å². The van der Waals surface area contributed by atoms with Gasteiger partial charge in [-0.05, 0) is 17.9 Å². The van der Waals surface area contributed by atoms with Gasteiger partial charge in [0.2, 0.25) is 0 Å². The summed E-state index contributed by atoms with van der Waals surface area (Å²) in [6.07, 6.45) is 1.11. The second-order valence-electron chi connectivity index (χ2n) is 6.18. The van der Waals surface area contributed by atoms with Crippen LogP contribution in [0.3, 0.4) is 0 Å². The molecule has 24 heavy (non-hydrogen) atoms. The second-order valence-corrected chi connectivity index (χ2v) is 8.95. The molecule has 0 radical (unpaired) electrons. The van der Waals surface area contributed by atoms with Crippen molar-refractivity contribution in [1.29, 1.82) is 0 Å². The van der Waals surface area contributed by atoms with Crippen LogP contribution in [0.25, 0.3) is 0 Å². The molecule has 2 heteroatoms. The minimum absolute atomic E-state index is 0.520. The van der Waals surface area contributed by atoms with Crippen LogP contribution in [0, 0.1) is 0 Å². The average molecular weight is 334 g/mol. The highest BCUT2D eigenvalue weighted by Gasteiger charge is 2.29. The maximum absolute atomic E-state index is 14.2. The fourth-order valence-electron chi connectivity index (χ4n) is 2.97. The molecule has 0 fully saturated rings. The molecule has 0 unspecified atom stereocenters. The van der Waals surface area contributed by atoms with Gasteiger partial charge in [-0.25, -0.2) is 0 Å². The molecule has 3 aromatic carbocycles. The van der Waals surface area contributed by atoms with Gasteiger partial charge in [-0.3, -0.25) is 0 Å². The van der Waals surface area contributed by atoms with Crippen molar-refractivity contribution in [3.63, 3.8) is 0 Å². The fraction of sp³-hybridized carbons (Fsp3) is 0.182. The summed E-state index contributed by atoms with van der Waals surface area (Å²) >= 11 is 0. The van der Waals surface area contributed by atoms with Gasteiger partial charge in [0.15, 0.2) is 7.14 Å². The van der Waals surface area contributed by atoms with Gasteiger partial charge in [0.25, 0.3) is 0 Å².